The lowest BCUT2D eigenvalue weighted by atomic mass is 9.96. The summed E-state index contributed by atoms with van der Waals surface area (Å²) >= 11 is 0. The lowest BCUT2D eigenvalue weighted by molar-refractivity contribution is 0.135. The molecule has 1 saturated heterocycles. The van der Waals surface area contributed by atoms with Crippen molar-refractivity contribution in [1.29, 1.82) is 0 Å². The second-order valence-corrected chi connectivity index (χ2v) is 8.49. The minimum absolute atomic E-state index is 0.000826. The molecule has 0 spiro atoms. The van der Waals surface area contributed by atoms with Gasteiger partial charge in [0.25, 0.3) is 0 Å². The maximum Gasteiger partial charge on any atom is 0.240 e. The number of likely N-dealkylation sites (tertiary alicyclic amines) is 1. The molecule has 6 heteroatoms. The minimum Gasteiger partial charge on any atom is -0.300 e. The van der Waals surface area contributed by atoms with E-state index in [9.17, 15) is 12.8 Å². The predicted octanol–water partition coefficient (Wildman–Crippen LogP) is 2.76. The van der Waals surface area contributed by atoms with Gasteiger partial charge in [-0.1, -0.05) is 18.9 Å². The van der Waals surface area contributed by atoms with E-state index >= 15 is 0 Å². The summed E-state index contributed by atoms with van der Waals surface area (Å²) in [6.07, 6.45) is 7.38. The van der Waals surface area contributed by atoms with Crippen molar-refractivity contribution in [2.75, 3.05) is 19.6 Å². The van der Waals surface area contributed by atoms with Crippen molar-refractivity contribution in [2.45, 2.75) is 49.5 Å². The monoisotopic (exact) mass is 340 g/mol. The summed E-state index contributed by atoms with van der Waals surface area (Å²) in [4.78, 5) is 2.57. The highest BCUT2D eigenvalue weighted by Gasteiger charge is 2.27. The van der Waals surface area contributed by atoms with Gasteiger partial charge in [0.15, 0.2) is 0 Å². The van der Waals surface area contributed by atoms with Gasteiger partial charge in [0.2, 0.25) is 10.0 Å². The molecule has 0 radical (unpaired) electrons. The highest BCUT2D eigenvalue weighted by Crippen LogP contribution is 2.27. The topological polar surface area (TPSA) is 49.4 Å². The van der Waals surface area contributed by atoms with E-state index < -0.39 is 15.8 Å². The molecule has 128 valence electrons. The Kier molecular flexibility index (Phi) is 5.34. The van der Waals surface area contributed by atoms with Crippen molar-refractivity contribution in [1.82, 2.24) is 9.62 Å². The molecule has 23 heavy (non-hydrogen) atoms. The third-order valence-electron chi connectivity index (χ3n) is 5.16. The van der Waals surface area contributed by atoms with Crippen molar-refractivity contribution in [2.24, 2.45) is 5.92 Å². The normalized spacial score (nSPS) is 21.8. The molecule has 0 atom stereocenters. The summed E-state index contributed by atoms with van der Waals surface area (Å²) in [7, 11) is -3.61. The van der Waals surface area contributed by atoms with Gasteiger partial charge in [-0.3, -0.25) is 0 Å². The van der Waals surface area contributed by atoms with Crippen LogP contribution in [0, 0.1) is 11.7 Å². The fourth-order valence-corrected chi connectivity index (χ4v) is 4.88. The highest BCUT2D eigenvalue weighted by molar-refractivity contribution is 7.89. The van der Waals surface area contributed by atoms with Crippen LogP contribution in [-0.4, -0.2) is 39.0 Å². The van der Waals surface area contributed by atoms with Gasteiger partial charge in [0.05, 0.1) is 4.90 Å². The maximum absolute atomic E-state index is 13.2. The first-order chi connectivity index (χ1) is 11.0. The minimum atomic E-state index is -3.61. The Balaban J connectivity index is 1.49. The fourth-order valence-electron chi connectivity index (χ4n) is 3.74. The Morgan fingerprint density at radius 1 is 1.13 bits per heavy atom. The molecule has 0 bridgehead atoms. The average Bonchev–Trinajstić information content (AvgIpc) is 3.08. The Morgan fingerprint density at radius 2 is 1.83 bits per heavy atom. The summed E-state index contributed by atoms with van der Waals surface area (Å²) in [5.74, 6) is -0.159. The SMILES string of the molecule is O=S(=O)(NCC1CCN(C2CCCC2)CC1)c1cccc(F)c1. The van der Waals surface area contributed by atoms with Gasteiger partial charge in [-0.15, -0.1) is 0 Å². The van der Waals surface area contributed by atoms with Crippen molar-refractivity contribution < 1.29 is 12.8 Å². The zero-order valence-corrected chi connectivity index (χ0v) is 14.2. The molecule has 4 nitrogen and oxygen atoms in total. The van der Waals surface area contributed by atoms with Crippen LogP contribution < -0.4 is 4.72 Å². The molecule has 1 aliphatic carbocycles. The van der Waals surface area contributed by atoms with Gasteiger partial charge in [-0.05, 0) is 62.9 Å². The smallest absolute Gasteiger partial charge is 0.240 e. The van der Waals surface area contributed by atoms with Crippen LogP contribution in [0.4, 0.5) is 4.39 Å². The van der Waals surface area contributed by atoms with E-state index in [2.05, 4.69) is 9.62 Å². The van der Waals surface area contributed by atoms with Crippen molar-refractivity contribution in [3.05, 3.63) is 30.1 Å². The standard InChI is InChI=1S/C17H25FN2O2S/c18-15-4-3-7-17(12-15)23(21,22)19-13-14-8-10-20(11-9-14)16-5-1-2-6-16/h3-4,7,12,14,16,19H,1-2,5-6,8-11,13H2. The zero-order chi connectivity index (χ0) is 16.3. The Labute approximate surface area is 138 Å². The van der Waals surface area contributed by atoms with Crippen LogP contribution in [0.1, 0.15) is 38.5 Å². The fraction of sp³-hybridized carbons (Fsp3) is 0.647. The molecule has 2 fully saturated rings. The van der Waals surface area contributed by atoms with Gasteiger partial charge in [-0.2, -0.15) is 0 Å². The number of halogens is 1. The number of sulfonamides is 1. The Morgan fingerprint density at radius 3 is 2.48 bits per heavy atom. The van der Waals surface area contributed by atoms with E-state index in [-0.39, 0.29) is 4.90 Å². The van der Waals surface area contributed by atoms with Gasteiger partial charge in [0, 0.05) is 12.6 Å². The van der Waals surface area contributed by atoms with E-state index in [0.717, 1.165) is 38.0 Å². The number of benzene rings is 1. The zero-order valence-electron chi connectivity index (χ0n) is 13.4. The van der Waals surface area contributed by atoms with Crippen molar-refractivity contribution >= 4 is 10.0 Å². The number of hydrogen-bond acceptors (Lipinski definition) is 3. The predicted molar refractivity (Wildman–Crippen MR) is 88.1 cm³/mol. The third-order valence-corrected chi connectivity index (χ3v) is 6.58. The number of hydrogen-bond donors (Lipinski definition) is 1. The first-order valence-electron chi connectivity index (χ1n) is 8.54. The van der Waals surface area contributed by atoms with Crippen molar-refractivity contribution in [3.8, 4) is 0 Å². The summed E-state index contributed by atoms with van der Waals surface area (Å²) in [6.45, 7) is 2.57. The second kappa shape index (κ2) is 7.28. The van der Waals surface area contributed by atoms with Gasteiger partial charge < -0.3 is 4.90 Å². The molecule has 3 rings (SSSR count). The number of piperidine rings is 1. The van der Waals surface area contributed by atoms with Crippen LogP contribution >= 0.6 is 0 Å². The summed E-state index contributed by atoms with van der Waals surface area (Å²) in [6, 6.07) is 5.90. The molecular weight excluding hydrogens is 315 g/mol. The Bertz CT molecular complexity index is 621. The number of nitrogens with zero attached hydrogens (tertiary/aromatic N) is 1. The quantitative estimate of drug-likeness (QED) is 0.897. The molecule has 0 aromatic heterocycles. The highest BCUT2D eigenvalue weighted by atomic mass is 32.2. The maximum atomic E-state index is 13.2. The average molecular weight is 340 g/mol. The molecule has 1 N–H and O–H groups in total. The van der Waals surface area contributed by atoms with Crippen molar-refractivity contribution in [3.63, 3.8) is 0 Å². The summed E-state index contributed by atoms with van der Waals surface area (Å²) in [5.41, 5.74) is 0. The van der Waals surface area contributed by atoms with E-state index in [1.165, 1.54) is 43.9 Å². The summed E-state index contributed by atoms with van der Waals surface area (Å²) in [5, 5.41) is 0. The van der Waals surface area contributed by atoms with Gasteiger partial charge >= 0.3 is 0 Å². The molecule has 1 heterocycles. The number of nitrogens with one attached hydrogen (secondary N) is 1. The third kappa shape index (κ3) is 4.31. The van der Waals surface area contributed by atoms with Crippen LogP contribution in [-0.2, 0) is 10.0 Å². The molecule has 1 aliphatic heterocycles. The van der Waals surface area contributed by atoms with Crippen LogP contribution in [0.25, 0.3) is 0 Å². The first kappa shape index (κ1) is 16.9. The molecule has 1 aromatic rings. The molecule has 0 amide bonds. The lowest BCUT2D eigenvalue weighted by Crippen LogP contribution is -2.42. The molecule has 2 aliphatic rings. The van der Waals surface area contributed by atoms with E-state index in [0.29, 0.717) is 12.5 Å². The summed E-state index contributed by atoms with van der Waals surface area (Å²) < 4.78 is 40.3. The number of rotatable bonds is 5. The van der Waals surface area contributed by atoms with Crippen LogP contribution in [0.5, 0.6) is 0 Å². The lowest BCUT2D eigenvalue weighted by Gasteiger charge is -2.36. The molecule has 0 unspecified atom stereocenters. The molecular formula is C17H25FN2O2S. The van der Waals surface area contributed by atoms with Gasteiger partial charge in [-0.25, -0.2) is 17.5 Å². The van der Waals surface area contributed by atoms with Crippen LogP contribution in [0.2, 0.25) is 0 Å². The van der Waals surface area contributed by atoms with Gasteiger partial charge in [0.1, 0.15) is 5.82 Å². The Hall–Kier alpha value is -0.980. The van der Waals surface area contributed by atoms with Crippen LogP contribution in [0.3, 0.4) is 0 Å². The van der Waals surface area contributed by atoms with E-state index in [1.807, 2.05) is 0 Å². The van der Waals surface area contributed by atoms with E-state index in [4.69, 9.17) is 0 Å². The van der Waals surface area contributed by atoms with Crippen LogP contribution in [0.15, 0.2) is 29.2 Å². The van der Waals surface area contributed by atoms with E-state index in [1.54, 1.807) is 0 Å². The molecule has 1 aromatic carbocycles. The largest absolute Gasteiger partial charge is 0.300 e. The molecule has 1 saturated carbocycles. The second-order valence-electron chi connectivity index (χ2n) is 6.73. The first-order valence-corrected chi connectivity index (χ1v) is 10.0.